The molecule has 0 saturated heterocycles. The van der Waals surface area contributed by atoms with E-state index in [0.29, 0.717) is 19.8 Å². The molecule has 0 aromatic rings. The Balaban J connectivity index is 3.88. The minimum absolute atomic E-state index is 0.655. The van der Waals surface area contributed by atoms with Gasteiger partial charge in [-0.25, -0.2) is 0 Å². The van der Waals surface area contributed by atoms with E-state index < -0.39 is 8.80 Å². The molecule has 0 amide bonds. The van der Waals surface area contributed by atoms with Gasteiger partial charge in [0, 0.05) is 25.9 Å². The maximum Gasteiger partial charge on any atom is 0.500 e. The highest BCUT2D eigenvalue weighted by molar-refractivity contribution is 6.60. The first-order valence-corrected chi connectivity index (χ1v) is 9.80. The summed E-state index contributed by atoms with van der Waals surface area (Å²) in [6.07, 6.45) is 2.21. The number of nitrogens with zero attached hydrogens (tertiary/aromatic N) is 1. The largest absolute Gasteiger partial charge is 0.500 e. The molecule has 6 heteroatoms. The van der Waals surface area contributed by atoms with Crippen molar-refractivity contribution in [1.29, 1.82) is 0 Å². The Labute approximate surface area is 126 Å². The summed E-state index contributed by atoms with van der Waals surface area (Å²) < 4.78 is 17.5. The summed E-state index contributed by atoms with van der Waals surface area (Å²) in [5.74, 6) is 0. The van der Waals surface area contributed by atoms with Crippen LogP contribution in [0.3, 0.4) is 0 Å². The highest BCUT2D eigenvalue weighted by atomic mass is 28.4. The van der Waals surface area contributed by atoms with Crippen molar-refractivity contribution < 1.29 is 13.3 Å². The fourth-order valence-electron chi connectivity index (χ4n) is 2.08. The summed E-state index contributed by atoms with van der Waals surface area (Å²) in [6, 6.07) is 0.892. The predicted molar refractivity (Wildman–Crippen MR) is 86.1 cm³/mol. The molecule has 0 heterocycles. The highest BCUT2D eigenvalue weighted by Gasteiger charge is 2.39. The topological polar surface area (TPSA) is 43.0 Å². The lowest BCUT2D eigenvalue weighted by Gasteiger charge is -2.28. The van der Waals surface area contributed by atoms with Crippen LogP contribution in [0.2, 0.25) is 6.04 Å². The summed E-state index contributed by atoms with van der Waals surface area (Å²) in [5.41, 5.74) is 0. The lowest BCUT2D eigenvalue weighted by molar-refractivity contribution is 0.0708. The Morgan fingerprint density at radius 2 is 1.35 bits per heavy atom. The zero-order chi connectivity index (χ0) is 15.3. The summed E-state index contributed by atoms with van der Waals surface area (Å²) >= 11 is 0. The van der Waals surface area contributed by atoms with Gasteiger partial charge in [0.15, 0.2) is 0 Å². The number of hydrogen-bond acceptors (Lipinski definition) is 5. The number of nitrogens with one attached hydrogen (secondary N) is 1. The molecule has 20 heavy (non-hydrogen) atoms. The van der Waals surface area contributed by atoms with Crippen molar-refractivity contribution in [2.45, 2.75) is 39.7 Å². The molecule has 0 rings (SSSR count). The molecule has 1 N–H and O–H groups in total. The van der Waals surface area contributed by atoms with E-state index in [4.69, 9.17) is 13.3 Å². The van der Waals surface area contributed by atoms with Gasteiger partial charge in [0.25, 0.3) is 0 Å². The Morgan fingerprint density at radius 1 is 0.850 bits per heavy atom. The van der Waals surface area contributed by atoms with Crippen molar-refractivity contribution in [3.63, 3.8) is 0 Å². The third kappa shape index (κ3) is 9.85. The monoisotopic (exact) mass is 306 g/mol. The standard InChI is InChI=1S/C14H34N2O3Si/c1-6-17-20(18-7-2,19-8-3)14-10-12-15-11-9-13-16(4)5/h15H,6-14H2,1-5H3. The van der Waals surface area contributed by atoms with Gasteiger partial charge in [0.05, 0.1) is 0 Å². The van der Waals surface area contributed by atoms with Crippen molar-refractivity contribution >= 4 is 8.80 Å². The average Bonchev–Trinajstić information content (AvgIpc) is 2.38. The van der Waals surface area contributed by atoms with Crippen LogP contribution in [0.5, 0.6) is 0 Å². The Kier molecular flexibility index (Phi) is 12.7. The van der Waals surface area contributed by atoms with Gasteiger partial charge in [-0.05, 0) is 67.3 Å². The van der Waals surface area contributed by atoms with Crippen molar-refractivity contribution in [3.05, 3.63) is 0 Å². The molecule has 0 aliphatic carbocycles. The first-order valence-electron chi connectivity index (χ1n) is 7.87. The van der Waals surface area contributed by atoms with Crippen LogP contribution in [0.15, 0.2) is 0 Å². The van der Waals surface area contributed by atoms with E-state index in [2.05, 4.69) is 24.3 Å². The Morgan fingerprint density at radius 3 is 1.80 bits per heavy atom. The molecule has 0 fully saturated rings. The van der Waals surface area contributed by atoms with Crippen LogP contribution < -0.4 is 5.32 Å². The SMILES string of the molecule is CCO[Si](CCCNCCCN(C)C)(OCC)OCC. The molecule has 0 bridgehead atoms. The molecule has 0 spiro atoms. The molecule has 5 nitrogen and oxygen atoms in total. The van der Waals surface area contributed by atoms with Crippen LogP contribution in [-0.2, 0) is 13.3 Å². The normalized spacial score (nSPS) is 12.3. The van der Waals surface area contributed by atoms with Gasteiger partial charge in [0.1, 0.15) is 0 Å². The molecule has 0 aromatic heterocycles. The molecular weight excluding hydrogens is 272 g/mol. The molecular formula is C14H34N2O3Si. The number of hydrogen-bond donors (Lipinski definition) is 1. The second-order valence-corrected chi connectivity index (χ2v) is 7.72. The predicted octanol–water partition coefficient (Wildman–Crippen LogP) is 1.97. The number of rotatable bonds is 14. The fraction of sp³-hybridized carbons (Fsp3) is 1.00. The zero-order valence-corrected chi connectivity index (χ0v) is 15.0. The molecule has 0 saturated carbocycles. The van der Waals surface area contributed by atoms with Gasteiger partial charge in [-0.2, -0.15) is 0 Å². The summed E-state index contributed by atoms with van der Waals surface area (Å²) in [4.78, 5) is 2.21. The second-order valence-electron chi connectivity index (χ2n) is 4.99. The summed E-state index contributed by atoms with van der Waals surface area (Å²) in [5, 5.41) is 3.47. The Bertz CT molecular complexity index is 202. The van der Waals surface area contributed by atoms with Gasteiger partial charge in [-0.1, -0.05) is 0 Å². The first kappa shape index (κ1) is 20.0. The lowest BCUT2D eigenvalue weighted by atomic mass is 10.4. The van der Waals surface area contributed by atoms with Gasteiger partial charge < -0.3 is 23.5 Å². The fourth-order valence-corrected chi connectivity index (χ4v) is 4.69. The molecule has 122 valence electrons. The quantitative estimate of drug-likeness (QED) is 0.392. The highest BCUT2D eigenvalue weighted by Crippen LogP contribution is 2.17. The molecule has 0 unspecified atom stereocenters. The van der Waals surface area contributed by atoms with E-state index in [1.165, 1.54) is 6.42 Å². The zero-order valence-electron chi connectivity index (χ0n) is 14.0. The minimum Gasteiger partial charge on any atom is -0.374 e. The Hall–Kier alpha value is 0.0169. The molecule has 0 atom stereocenters. The van der Waals surface area contributed by atoms with Crippen LogP contribution in [0.1, 0.15) is 33.6 Å². The van der Waals surface area contributed by atoms with E-state index in [0.717, 1.165) is 32.1 Å². The molecule has 0 aromatic carbocycles. The van der Waals surface area contributed by atoms with Crippen LogP contribution in [0, 0.1) is 0 Å². The van der Waals surface area contributed by atoms with Crippen molar-refractivity contribution in [2.24, 2.45) is 0 Å². The molecule has 0 aliphatic rings. The third-order valence-corrected chi connectivity index (χ3v) is 6.04. The van der Waals surface area contributed by atoms with Gasteiger partial charge in [-0.3, -0.25) is 0 Å². The molecule has 0 radical (unpaired) electrons. The van der Waals surface area contributed by atoms with E-state index in [1.54, 1.807) is 0 Å². The minimum atomic E-state index is -2.43. The lowest BCUT2D eigenvalue weighted by Crippen LogP contribution is -2.46. The van der Waals surface area contributed by atoms with Crippen molar-refractivity contribution in [1.82, 2.24) is 10.2 Å². The first-order chi connectivity index (χ1) is 9.60. The van der Waals surface area contributed by atoms with Crippen molar-refractivity contribution in [2.75, 3.05) is 53.6 Å². The molecule has 0 aliphatic heterocycles. The smallest absolute Gasteiger partial charge is 0.374 e. The summed E-state index contributed by atoms with van der Waals surface area (Å²) in [7, 11) is 1.78. The maximum absolute atomic E-state index is 5.83. The summed E-state index contributed by atoms with van der Waals surface area (Å²) in [6.45, 7) is 11.1. The van der Waals surface area contributed by atoms with E-state index in [1.807, 2.05) is 20.8 Å². The van der Waals surface area contributed by atoms with Gasteiger partial charge in [0.2, 0.25) is 0 Å². The maximum atomic E-state index is 5.83. The third-order valence-electron chi connectivity index (χ3n) is 2.89. The van der Waals surface area contributed by atoms with Crippen LogP contribution in [0.25, 0.3) is 0 Å². The second kappa shape index (κ2) is 12.7. The van der Waals surface area contributed by atoms with Gasteiger partial charge in [-0.15, -0.1) is 0 Å². The van der Waals surface area contributed by atoms with Crippen molar-refractivity contribution in [3.8, 4) is 0 Å². The van der Waals surface area contributed by atoms with Crippen LogP contribution in [0.4, 0.5) is 0 Å². The van der Waals surface area contributed by atoms with Crippen LogP contribution >= 0.6 is 0 Å². The van der Waals surface area contributed by atoms with Gasteiger partial charge >= 0.3 is 8.80 Å². The van der Waals surface area contributed by atoms with E-state index in [-0.39, 0.29) is 0 Å². The van der Waals surface area contributed by atoms with E-state index in [9.17, 15) is 0 Å². The van der Waals surface area contributed by atoms with Crippen LogP contribution in [-0.4, -0.2) is 67.3 Å². The average molecular weight is 307 g/mol. The van der Waals surface area contributed by atoms with E-state index >= 15 is 0 Å².